The molecule has 0 bridgehead atoms. The summed E-state index contributed by atoms with van der Waals surface area (Å²) in [5.41, 5.74) is 0.241. The average Bonchev–Trinajstić information content (AvgIpc) is 2.27. The van der Waals surface area contributed by atoms with Gasteiger partial charge in [-0.2, -0.15) is 0 Å². The molecular weight excluding hydrogens is 265 g/mol. The maximum absolute atomic E-state index is 13.6. The molecule has 1 rings (SSSR count). The van der Waals surface area contributed by atoms with Gasteiger partial charge in [-0.15, -0.1) is 0 Å². The maximum atomic E-state index is 13.6. The number of halogens is 2. The van der Waals surface area contributed by atoms with Crippen LogP contribution in [0, 0.1) is 5.82 Å². The standard InChI is InChI=1S/C15H19ClFNO/c1-10(2)18(11(3)4)15(19)9-8-12-13(16)6-5-7-14(12)17/h5-11H,1-4H3/b9-8+. The van der Waals surface area contributed by atoms with Crippen LogP contribution in [-0.2, 0) is 4.79 Å². The van der Waals surface area contributed by atoms with Crippen molar-refractivity contribution in [2.75, 3.05) is 0 Å². The molecule has 0 atom stereocenters. The van der Waals surface area contributed by atoms with Crippen LogP contribution in [0.1, 0.15) is 33.3 Å². The van der Waals surface area contributed by atoms with Crippen molar-refractivity contribution in [3.63, 3.8) is 0 Å². The number of amides is 1. The molecule has 0 aromatic heterocycles. The first-order valence-corrected chi connectivity index (χ1v) is 6.66. The van der Waals surface area contributed by atoms with Crippen LogP contribution >= 0.6 is 11.6 Å². The molecule has 1 aromatic carbocycles. The summed E-state index contributed by atoms with van der Waals surface area (Å²) in [7, 11) is 0. The Bertz CT molecular complexity index is 455. The van der Waals surface area contributed by atoms with Crippen molar-refractivity contribution >= 4 is 23.6 Å². The van der Waals surface area contributed by atoms with E-state index < -0.39 is 5.82 Å². The number of carbonyl (C=O) groups excluding carboxylic acids is 1. The highest BCUT2D eigenvalue weighted by Crippen LogP contribution is 2.20. The Morgan fingerprint density at radius 3 is 2.32 bits per heavy atom. The van der Waals surface area contributed by atoms with Gasteiger partial charge in [0.15, 0.2) is 0 Å². The van der Waals surface area contributed by atoms with E-state index in [-0.39, 0.29) is 23.6 Å². The summed E-state index contributed by atoms with van der Waals surface area (Å²) in [5.74, 6) is -0.582. The highest BCUT2D eigenvalue weighted by molar-refractivity contribution is 6.32. The van der Waals surface area contributed by atoms with Gasteiger partial charge in [-0.3, -0.25) is 4.79 Å². The van der Waals surface area contributed by atoms with E-state index in [2.05, 4.69) is 0 Å². The van der Waals surface area contributed by atoms with E-state index in [0.29, 0.717) is 5.02 Å². The van der Waals surface area contributed by atoms with Crippen molar-refractivity contribution in [2.45, 2.75) is 39.8 Å². The lowest BCUT2D eigenvalue weighted by Crippen LogP contribution is -2.41. The van der Waals surface area contributed by atoms with E-state index in [1.807, 2.05) is 27.7 Å². The van der Waals surface area contributed by atoms with Crippen molar-refractivity contribution in [3.05, 3.63) is 40.7 Å². The highest BCUT2D eigenvalue weighted by atomic mass is 35.5. The molecule has 0 aliphatic heterocycles. The summed E-state index contributed by atoms with van der Waals surface area (Å²) < 4.78 is 13.6. The zero-order chi connectivity index (χ0) is 14.6. The second-order valence-corrected chi connectivity index (χ2v) is 5.31. The van der Waals surface area contributed by atoms with E-state index in [1.54, 1.807) is 11.0 Å². The first-order valence-electron chi connectivity index (χ1n) is 6.29. The third-order valence-electron chi connectivity index (χ3n) is 2.76. The van der Waals surface area contributed by atoms with Gasteiger partial charge >= 0.3 is 0 Å². The SMILES string of the molecule is CC(C)N(C(=O)/C=C/c1c(F)cccc1Cl)C(C)C. The van der Waals surface area contributed by atoms with Crippen LogP contribution in [0.5, 0.6) is 0 Å². The molecule has 0 aliphatic rings. The van der Waals surface area contributed by atoms with Crippen LogP contribution < -0.4 is 0 Å². The third kappa shape index (κ3) is 4.06. The number of hydrogen-bond acceptors (Lipinski definition) is 1. The molecule has 0 unspecified atom stereocenters. The van der Waals surface area contributed by atoms with Gasteiger partial charge in [-0.1, -0.05) is 17.7 Å². The predicted octanol–water partition coefficient (Wildman–Crippen LogP) is 4.14. The number of carbonyl (C=O) groups is 1. The van der Waals surface area contributed by atoms with E-state index in [0.717, 1.165) is 0 Å². The molecule has 0 N–H and O–H groups in total. The van der Waals surface area contributed by atoms with Crippen molar-refractivity contribution in [3.8, 4) is 0 Å². The zero-order valence-corrected chi connectivity index (χ0v) is 12.4. The van der Waals surface area contributed by atoms with Crippen molar-refractivity contribution in [1.29, 1.82) is 0 Å². The molecular formula is C15H19ClFNO. The number of nitrogens with zero attached hydrogens (tertiary/aromatic N) is 1. The van der Waals surface area contributed by atoms with E-state index in [4.69, 9.17) is 11.6 Å². The molecule has 4 heteroatoms. The second-order valence-electron chi connectivity index (χ2n) is 4.90. The molecule has 0 saturated carbocycles. The molecule has 104 valence electrons. The first-order chi connectivity index (χ1) is 8.84. The van der Waals surface area contributed by atoms with Crippen molar-refractivity contribution in [1.82, 2.24) is 4.90 Å². The molecule has 0 heterocycles. The number of rotatable bonds is 4. The van der Waals surface area contributed by atoms with Crippen molar-refractivity contribution < 1.29 is 9.18 Å². The summed E-state index contributed by atoms with van der Waals surface area (Å²) >= 11 is 5.90. The van der Waals surface area contributed by atoms with E-state index in [1.165, 1.54) is 24.3 Å². The fourth-order valence-corrected chi connectivity index (χ4v) is 2.24. The average molecular weight is 284 g/mol. The lowest BCUT2D eigenvalue weighted by atomic mass is 10.1. The molecule has 0 saturated heterocycles. The Morgan fingerprint density at radius 2 is 1.84 bits per heavy atom. The summed E-state index contributed by atoms with van der Waals surface area (Å²) in [6.07, 6.45) is 2.79. The van der Waals surface area contributed by atoms with Gasteiger partial charge in [0.25, 0.3) is 0 Å². The molecule has 2 nitrogen and oxygen atoms in total. The maximum Gasteiger partial charge on any atom is 0.247 e. The predicted molar refractivity (Wildman–Crippen MR) is 77.6 cm³/mol. The smallest absolute Gasteiger partial charge is 0.247 e. The van der Waals surface area contributed by atoms with Crippen molar-refractivity contribution in [2.24, 2.45) is 0 Å². The summed E-state index contributed by atoms with van der Waals surface area (Å²) in [5, 5.41) is 0.296. The van der Waals surface area contributed by atoms with Crippen LogP contribution in [0.25, 0.3) is 6.08 Å². The van der Waals surface area contributed by atoms with Crippen LogP contribution in [-0.4, -0.2) is 22.9 Å². The third-order valence-corrected chi connectivity index (χ3v) is 3.09. The molecule has 0 spiro atoms. The van der Waals surface area contributed by atoms with Gasteiger partial charge in [-0.25, -0.2) is 4.39 Å². The second kappa shape index (κ2) is 6.71. The topological polar surface area (TPSA) is 20.3 Å². The van der Waals surface area contributed by atoms with Crippen LogP contribution in [0.15, 0.2) is 24.3 Å². The quantitative estimate of drug-likeness (QED) is 0.761. The van der Waals surface area contributed by atoms with Gasteiger partial charge in [0.2, 0.25) is 5.91 Å². The Kier molecular flexibility index (Phi) is 5.55. The van der Waals surface area contributed by atoms with E-state index in [9.17, 15) is 9.18 Å². The van der Waals surface area contributed by atoms with Gasteiger partial charge in [0.1, 0.15) is 5.82 Å². The Balaban J connectivity index is 2.95. The molecule has 1 amide bonds. The highest BCUT2D eigenvalue weighted by Gasteiger charge is 2.17. The minimum absolute atomic E-state index is 0.0910. The van der Waals surface area contributed by atoms with Gasteiger partial charge in [-0.05, 0) is 45.9 Å². The van der Waals surface area contributed by atoms with Crippen LogP contribution in [0.2, 0.25) is 5.02 Å². The van der Waals surface area contributed by atoms with Gasteiger partial charge in [0, 0.05) is 23.7 Å². The molecule has 0 aliphatic carbocycles. The summed E-state index contributed by atoms with van der Waals surface area (Å²) in [6, 6.07) is 4.63. The van der Waals surface area contributed by atoms with E-state index >= 15 is 0 Å². The minimum Gasteiger partial charge on any atom is -0.334 e. The Labute approximate surface area is 118 Å². The normalized spacial score (nSPS) is 11.6. The molecule has 1 aromatic rings. The van der Waals surface area contributed by atoms with Gasteiger partial charge < -0.3 is 4.90 Å². The zero-order valence-electron chi connectivity index (χ0n) is 11.7. The van der Waals surface area contributed by atoms with Gasteiger partial charge in [0.05, 0.1) is 5.02 Å². The monoisotopic (exact) mass is 283 g/mol. The fourth-order valence-electron chi connectivity index (χ4n) is 2.02. The fraction of sp³-hybridized carbons (Fsp3) is 0.400. The first kappa shape index (κ1) is 15.7. The molecule has 0 radical (unpaired) electrons. The van der Waals surface area contributed by atoms with Crippen LogP contribution in [0.3, 0.4) is 0 Å². The molecule has 0 fully saturated rings. The number of hydrogen-bond donors (Lipinski definition) is 0. The Hall–Kier alpha value is -1.35. The van der Waals surface area contributed by atoms with Crippen LogP contribution in [0.4, 0.5) is 4.39 Å². The number of benzene rings is 1. The minimum atomic E-state index is -0.433. The lowest BCUT2D eigenvalue weighted by Gasteiger charge is -2.29. The summed E-state index contributed by atoms with van der Waals surface area (Å²) in [4.78, 5) is 13.8. The molecule has 19 heavy (non-hydrogen) atoms. The lowest BCUT2D eigenvalue weighted by molar-refractivity contribution is -0.129. The Morgan fingerprint density at radius 1 is 1.26 bits per heavy atom. The largest absolute Gasteiger partial charge is 0.334 e. The summed E-state index contributed by atoms with van der Waals surface area (Å²) in [6.45, 7) is 7.78.